The minimum Gasteiger partial charge on any atom is -0.501 e. The first-order valence-corrected chi connectivity index (χ1v) is 18.2. The van der Waals surface area contributed by atoms with Crippen molar-refractivity contribution in [1.29, 1.82) is 0 Å². The van der Waals surface area contributed by atoms with Crippen molar-refractivity contribution in [2.75, 3.05) is 0 Å². The van der Waals surface area contributed by atoms with Crippen LogP contribution in [0.3, 0.4) is 0 Å². The Morgan fingerprint density at radius 1 is 0.722 bits per heavy atom. The van der Waals surface area contributed by atoms with Gasteiger partial charge in [-0.3, -0.25) is 4.98 Å². The summed E-state index contributed by atoms with van der Waals surface area (Å²) in [6.07, 6.45) is 4.80. The summed E-state index contributed by atoms with van der Waals surface area (Å²) < 4.78 is 12.3. The van der Waals surface area contributed by atoms with E-state index in [1.807, 2.05) is 73.8 Å². The van der Waals surface area contributed by atoms with Gasteiger partial charge in [0.25, 0.3) is 0 Å². The number of hydrogen-bond acceptors (Lipinski definition) is 5. The predicted molar refractivity (Wildman–Crippen MR) is 216 cm³/mol. The summed E-state index contributed by atoms with van der Waals surface area (Å²) in [5, 5.41) is 4.36. The molecule has 9 rings (SSSR count). The standard InChI is InChI=1S/C31H31N2O.C17H10NO.Ir/c1-19(2)14-23-17-26(32-18-20(23)3)22-12-13-27-25(16-22)29-28(34-27)15-21(4)33-30(29)31(5,6)24-10-8-7-9-11-24;1-2-10-16-12(6-1)13-7-5-8-14(17(13)19-16)15-9-3-4-11-18-15;/h7-11,13,15-19H,14H2,1-6H3;1-7,9-11H;/q2*-1;. The molecule has 1 radical (unpaired) electrons. The van der Waals surface area contributed by atoms with E-state index in [0.717, 1.165) is 84.2 Å². The van der Waals surface area contributed by atoms with Crippen LogP contribution in [0.15, 0.2) is 130 Å². The fourth-order valence-electron chi connectivity index (χ4n) is 7.22. The number of nitrogens with zero attached hydrogens (tertiary/aromatic N) is 3. The fourth-order valence-corrected chi connectivity index (χ4v) is 7.22. The molecule has 271 valence electrons. The molecule has 0 aliphatic carbocycles. The predicted octanol–water partition coefficient (Wildman–Crippen LogP) is 12.4. The zero-order chi connectivity index (χ0) is 36.7. The van der Waals surface area contributed by atoms with Crippen molar-refractivity contribution in [2.45, 2.75) is 53.4 Å². The molecule has 5 heterocycles. The first kappa shape index (κ1) is 36.9. The molecule has 54 heavy (non-hydrogen) atoms. The third kappa shape index (κ3) is 7.00. The Kier molecular flexibility index (Phi) is 10.3. The summed E-state index contributed by atoms with van der Waals surface area (Å²) in [5.74, 6) is 0.593. The second-order valence-electron chi connectivity index (χ2n) is 14.7. The molecule has 0 N–H and O–H groups in total. The van der Waals surface area contributed by atoms with Gasteiger partial charge in [0.15, 0.2) is 0 Å². The Morgan fingerprint density at radius 2 is 1.50 bits per heavy atom. The second kappa shape index (κ2) is 15.1. The zero-order valence-corrected chi connectivity index (χ0v) is 33.7. The molecule has 0 aliphatic rings. The maximum atomic E-state index is 6.30. The first-order chi connectivity index (χ1) is 25.7. The summed E-state index contributed by atoms with van der Waals surface area (Å²) >= 11 is 0. The third-order valence-corrected chi connectivity index (χ3v) is 9.98. The van der Waals surface area contributed by atoms with Crippen LogP contribution in [-0.2, 0) is 31.9 Å². The van der Waals surface area contributed by atoms with E-state index in [1.165, 1.54) is 16.7 Å². The number of rotatable bonds is 6. The van der Waals surface area contributed by atoms with Crippen LogP contribution in [0.4, 0.5) is 0 Å². The number of para-hydroxylation sites is 1. The quantitative estimate of drug-likeness (QED) is 0.156. The summed E-state index contributed by atoms with van der Waals surface area (Å²) in [6.45, 7) is 13.1. The van der Waals surface area contributed by atoms with E-state index >= 15 is 0 Å². The van der Waals surface area contributed by atoms with Gasteiger partial charge in [0.1, 0.15) is 11.2 Å². The van der Waals surface area contributed by atoms with E-state index in [0.29, 0.717) is 5.92 Å². The van der Waals surface area contributed by atoms with Gasteiger partial charge in [-0.2, -0.15) is 0 Å². The molecule has 4 aromatic carbocycles. The number of furan rings is 2. The largest absolute Gasteiger partial charge is 0.501 e. The molecular weight excluding hydrogens is 843 g/mol. The van der Waals surface area contributed by atoms with Crippen LogP contribution in [0.25, 0.3) is 66.4 Å². The van der Waals surface area contributed by atoms with Crippen LogP contribution in [0.1, 0.15) is 55.8 Å². The zero-order valence-electron chi connectivity index (χ0n) is 31.3. The SMILES string of the molecule is Cc1cc2oc3c[c-]c(-c4cc(CC(C)C)c(C)cn4)cc3c2c(C(C)(C)c2ccccc2)n1.[Ir].[c-]1ccc2c(oc3ccccc32)c1-c1ccccn1. The molecule has 0 amide bonds. The van der Waals surface area contributed by atoms with E-state index < -0.39 is 0 Å². The molecule has 0 spiro atoms. The van der Waals surface area contributed by atoms with Crippen molar-refractivity contribution in [1.82, 2.24) is 15.0 Å². The third-order valence-electron chi connectivity index (χ3n) is 9.98. The molecule has 0 bridgehead atoms. The molecule has 0 saturated carbocycles. The number of pyridine rings is 3. The number of hydrogen-bond donors (Lipinski definition) is 0. The van der Waals surface area contributed by atoms with Gasteiger partial charge in [-0.25, -0.2) is 0 Å². The average Bonchev–Trinajstić information content (AvgIpc) is 3.74. The van der Waals surface area contributed by atoms with E-state index in [1.54, 1.807) is 6.20 Å². The minimum atomic E-state index is -0.283. The Labute approximate surface area is 329 Å². The Bertz CT molecular complexity index is 2730. The monoisotopic (exact) mass is 884 g/mol. The molecule has 9 aromatic rings. The normalized spacial score (nSPS) is 11.6. The Morgan fingerprint density at radius 3 is 2.28 bits per heavy atom. The van der Waals surface area contributed by atoms with Gasteiger partial charge in [0, 0.05) is 60.4 Å². The van der Waals surface area contributed by atoms with Gasteiger partial charge in [0.05, 0.1) is 16.9 Å². The number of aryl methyl sites for hydroxylation is 2. The number of benzene rings is 4. The summed E-state index contributed by atoms with van der Waals surface area (Å²) in [4.78, 5) is 14.2. The van der Waals surface area contributed by atoms with Gasteiger partial charge in [-0.15, -0.1) is 42.0 Å². The molecule has 0 saturated heterocycles. The van der Waals surface area contributed by atoms with Crippen molar-refractivity contribution in [3.63, 3.8) is 0 Å². The van der Waals surface area contributed by atoms with Crippen LogP contribution in [0, 0.1) is 31.9 Å². The van der Waals surface area contributed by atoms with E-state index in [-0.39, 0.29) is 25.5 Å². The van der Waals surface area contributed by atoms with Crippen molar-refractivity contribution in [2.24, 2.45) is 5.92 Å². The average molecular weight is 884 g/mol. The van der Waals surface area contributed by atoms with E-state index in [9.17, 15) is 0 Å². The molecule has 0 aliphatic heterocycles. The van der Waals surface area contributed by atoms with Crippen molar-refractivity contribution >= 4 is 43.9 Å². The van der Waals surface area contributed by atoms with Crippen molar-refractivity contribution in [3.05, 3.63) is 162 Å². The van der Waals surface area contributed by atoms with Gasteiger partial charge >= 0.3 is 0 Å². The van der Waals surface area contributed by atoms with Gasteiger partial charge < -0.3 is 18.8 Å². The molecule has 6 heteroatoms. The first-order valence-electron chi connectivity index (χ1n) is 18.2. The smallest absolute Gasteiger partial charge is 0.124 e. The molecule has 5 aromatic heterocycles. The second-order valence-corrected chi connectivity index (χ2v) is 14.7. The van der Waals surface area contributed by atoms with Gasteiger partial charge in [-0.1, -0.05) is 116 Å². The molecule has 0 unspecified atom stereocenters. The van der Waals surface area contributed by atoms with Gasteiger partial charge in [-0.05, 0) is 60.8 Å². The van der Waals surface area contributed by atoms with Crippen LogP contribution in [-0.4, -0.2) is 15.0 Å². The molecule has 0 fully saturated rings. The van der Waals surface area contributed by atoms with Crippen LogP contribution >= 0.6 is 0 Å². The van der Waals surface area contributed by atoms with Crippen LogP contribution < -0.4 is 0 Å². The van der Waals surface area contributed by atoms with E-state index in [4.69, 9.17) is 18.8 Å². The van der Waals surface area contributed by atoms with Crippen molar-refractivity contribution in [3.8, 4) is 22.5 Å². The van der Waals surface area contributed by atoms with E-state index in [2.05, 4.69) is 100 Å². The molecule has 0 atom stereocenters. The minimum absolute atomic E-state index is 0. The maximum absolute atomic E-state index is 6.30. The fraction of sp³-hybridized carbons (Fsp3) is 0.188. The molecular formula is C48H41IrN3O2-2. The summed E-state index contributed by atoms with van der Waals surface area (Å²) in [6, 6.07) is 43.4. The Balaban J connectivity index is 0.000000190. The topological polar surface area (TPSA) is 65.0 Å². The maximum Gasteiger partial charge on any atom is 0.124 e. The molecule has 5 nitrogen and oxygen atoms in total. The van der Waals surface area contributed by atoms with Gasteiger partial charge in [0.2, 0.25) is 0 Å². The Hall–Kier alpha value is -5.42. The van der Waals surface area contributed by atoms with Crippen molar-refractivity contribution < 1.29 is 28.9 Å². The summed E-state index contributed by atoms with van der Waals surface area (Å²) in [7, 11) is 0. The number of fused-ring (bicyclic) bond motifs is 6. The van der Waals surface area contributed by atoms with Crippen LogP contribution in [0.2, 0.25) is 0 Å². The van der Waals surface area contributed by atoms with Crippen LogP contribution in [0.5, 0.6) is 0 Å². The summed E-state index contributed by atoms with van der Waals surface area (Å²) in [5.41, 5.74) is 12.7. The number of aromatic nitrogens is 3.